The Hall–Kier alpha value is -3.17. The molecule has 1 saturated heterocycles. The van der Waals surface area contributed by atoms with Crippen molar-refractivity contribution in [3.8, 4) is 0 Å². The van der Waals surface area contributed by atoms with Crippen molar-refractivity contribution in [1.82, 2.24) is 19.9 Å². The number of pyridine rings is 1. The Kier molecular flexibility index (Phi) is 5.21. The molecule has 1 aliphatic rings. The zero-order chi connectivity index (χ0) is 21.4. The van der Waals surface area contributed by atoms with Crippen molar-refractivity contribution in [3.05, 3.63) is 69.2 Å². The minimum atomic E-state index is -0.207. The molecule has 7 nitrogen and oxygen atoms in total. The van der Waals surface area contributed by atoms with E-state index >= 15 is 0 Å². The van der Waals surface area contributed by atoms with Gasteiger partial charge in [-0.25, -0.2) is 9.97 Å². The third kappa shape index (κ3) is 3.82. The van der Waals surface area contributed by atoms with Crippen molar-refractivity contribution in [2.24, 2.45) is 0 Å². The number of nitrogens with zero attached hydrogens (tertiary/aromatic N) is 4. The number of hydrogen-bond acceptors (Lipinski definition) is 7. The quantitative estimate of drug-likeness (QED) is 0.501. The molecule has 0 radical (unpaired) electrons. The first kappa shape index (κ1) is 19.8. The first-order valence-electron chi connectivity index (χ1n) is 9.90. The molecule has 3 aromatic heterocycles. The molecule has 0 saturated carbocycles. The van der Waals surface area contributed by atoms with Crippen LogP contribution in [0.5, 0.6) is 0 Å². The largest absolute Gasteiger partial charge is 0.337 e. The number of rotatable bonds is 4. The number of carbonyl (C=O) groups is 2. The van der Waals surface area contributed by atoms with E-state index in [4.69, 9.17) is 4.98 Å². The standard InChI is InChI=1S/C22H19N5O2S2/c1-13-19(31-12-24-13)21(29)27-8-6-14(11-27)18-10-16(15-4-2-3-5-17(15)25-18)20(28)26-22-23-7-9-30-22/h2-5,7,9-10,12,14H,6,8,11H2,1H3,(H,23,26,28)/t14-/m1/s1. The highest BCUT2D eigenvalue weighted by Gasteiger charge is 2.31. The van der Waals surface area contributed by atoms with Crippen LogP contribution in [0.15, 0.2) is 47.4 Å². The van der Waals surface area contributed by atoms with E-state index in [-0.39, 0.29) is 17.7 Å². The second-order valence-corrected chi connectivity index (χ2v) is 9.16. The van der Waals surface area contributed by atoms with Gasteiger partial charge in [0.1, 0.15) is 4.88 Å². The summed E-state index contributed by atoms with van der Waals surface area (Å²) in [5.41, 5.74) is 4.64. The maximum Gasteiger partial charge on any atom is 0.265 e. The number of carbonyl (C=O) groups excluding carboxylic acids is 2. The van der Waals surface area contributed by atoms with Crippen LogP contribution in [0, 0.1) is 6.92 Å². The Labute approximate surface area is 186 Å². The molecule has 31 heavy (non-hydrogen) atoms. The lowest BCUT2D eigenvalue weighted by atomic mass is 9.99. The second kappa shape index (κ2) is 8.16. The number of anilines is 1. The second-order valence-electron chi connectivity index (χ2n) is 7.41. The highest BCUT2D eigenvalue weighted by atomic mass is 32.1. The Bertz CT molecular complexity index is 1270. The van der Waals surface area contributed by atoms with Gasteiger partial charge in [-0.3, -0.25) is 19.9 Å². The number of thiazole rings is 2. The van der Waals surface area contributed by atoms with Gasteiger partial charge in [0.05, 0.1) is 22.3 Å². The number of benzene rings is 1. The molecule has 156 valence electrons. The summed E-state index contributed by atoms with van der Waals surface area (Å²) in [4.78, 5) is 41.6. The highest BCUT2D eigenvalue weighted by molar-refractivity contribution is 7.13. The van der Waals surface area contributed by atoms with Crippen LogP contribution in [-0.4, -0.2) is 44.8 Å². The fraction of sp³-hybridized carbons (Fsp3) is 0.227. The molecule has 1 atom stereocenters. The highest BCUT2D eigenvalue weighted by Crippen LogP contribution is 2.31. The first-order chi connectivity index (χ1) is 15.1. The lowest BCUT2D eigenvalue weighted by Crippen LogP contribution is -2.28. The van der Waals surface area contributed by atoms with Gasteiger partial charge in [-0.15, -0.1) is 22.7 Å². The predicted octanol–water partition coefficient (Wildman–Crippen LogP) is 4.34. The van der Waals surface area contributed by atoms with Crippen molar-refractivity contribution in [2.75, 3.05) is 18.4 Å². The van der Waals surface area contributed by atoms with Crippen molar-refractivity contribution in [3.63, 3.8) is 0 Å². The van der Waals surface area contributed by atoms with E-state index in [1.807, 2.05) is 47.5 Å². The summed E-state index contributed by atoms with van der Waals surface area (Å²) in [6.45, 7) is 3.10. The van der Waals surface area contributed by atoms with Gasteiger partial charge in [-0.2, -0.15) is 0 Å². The van der Waals surface area contributed by atoms with Crippen molar-refractivity contribution in [1.29, 1.82) is 0 Å². The Morgan fingerprint density at radius 1 is 1.19 bits per heavy atom. The fourth-order valence-electron chi connectivity index (χ4n) is 3.88. The monoisotopic (exact) mass is 449 g/mol. The molecule has 5 rings (SSSR count). The van der Waals surface area contributed by atoms with Crippen LogP contribution in [0.3, 0.4) is 0 Å². The molecule has 0 aliphatic carbocycles. The van der Waals surface area contributed by atoms with E-state index in [2.05, 4.69) is 15.3 Å². The van der Waals surface area contributed by atoms with Crippen LogP contribution in [0.2, 0.25) is 0 Å². The van der Waals surface area contributed by atoms with Gasteiger partial charge < -0.3 is 4.90 Å². The summed E-state index contributed by atoms with van der Waals surface area (Å²) in [6.07, 6.45) is 2.47. The van der Waals surface area contributed by atoms with Gasteiger partial charge in [0.25, 0.3) is 11.8 Å². The smallest absolute Gasteiger partial charge is 0.265 e. The van der Waals surface area contributed by atoms with E-state index < -0.39 is 0 Å². The Morgan fingerprint density at radius 2 is 2.06 bits per heavy atom. The molecule has 0 spiro atoms. The normalized spacial score (nSPS) is 16.0. The van der Waals surface area contributed by atoms with E-state index in [9.17, 15) is 9.59 Å². The lowest BCUT2D eigenvalue weighted by molar-refractivity contribution is 0.0794. The number of aryl methyl sites for hydroxylation is 1. The predicted molar refractivity (Wildman–Crippen MR) is 122 cm³/mol. The summed E-state index contributed by atoms with van der Waals surface area (Å²) in [6, 6.07) is 9.50. The number of hydrogen-bond donors (Lipinski definition) is 1. The molecule has 0 unspecified atom stereocenters. The van der Waals surface area contributed by atoms with E-state index in [1.54, 1.807) is 11.7 Å². The Morgan fingerprint density at radius 3 is 2.84 bits per heavy atom. The maximum atomic E-state index is 13.0. The van der Waals surface area contributed by atoms with Crippen LogP contribution in [0.25, 0.3) is 10.9 Å². The summed E-state index contributed by atoms with van der Waals surface area (Å²) in [7, 11) is 0. The van der Waals surface area contributed by atoms with Crippen LogP contribution < -0.4 is 5.32 Å². The third-order valence-electron chi connectivity index (χ3n) is 5.47. The average Bonchev–Trinajstić information content (AvgIpc) is 3.54. The van der Waals surface area contributed by atoms with Gasteiger partial charge in [0.15, 0.2) is 5.13 Å². The molecule has 2 amide bonds. The fourth-order valence-corrected chi connectivity index (χ4v) is 5.17. The number of amides is 2. The van der Waals surface area contributed by atoms with E-state index in [0.29, 0.717) is 28.7 Å². The summed E-state index contributed by atoms with van der Waals surface area (Å²) in [5, 5.41) is 6.05. The Balaban J connectivity index is 1.44. The molecule has 1 fully saturated rings. The number of likely N-dealkylation sites (tertiary alicyclic amines) is 1. The van der Waals surface area contributed by atoms with Crippen LogP contribution >= 0.6 is 22.7 Å². The zero-order valence-corrected chi connectivity index (χ0v) is 18.4. The summed E-state index contributed by atoms with van der Waals surface area (Å²) < 4.78 is 0. The maximum absolute atomic E-state index is 13.0. The summed E-state index contributed by atoms with van der Waals surface area (Å²) >= 11 is 2.75. The zero-order valence-electron chi connectivity index (χ0n) is 16.7. The van der Waals surface area contributed by atoms with Crippen LogP contribution in [0.4, 0.5) is 5.13 Å². The topological polar surface area (TPSA) is 88.1 Å². The van der Waals surface area contributed by atoms with Gasteiger partial charge in [0.2, 0.25) is 0 Å². The van der Waals surface area contributed by atoms with Gasteiger partial charge in [-0.05, 0) is 25.5 Å². The van der Waals surface area contributed by atoms with Crippen molar-refractivity contribution < 1.29 is 9.59 Å². The number of fused-ring (bicyclic) bond motifs is 1. The number of para-hydroxylation sites is 1. The van der Waals surface area contributed by atoms with Gasteiger partial charge in [0, 0.05) is 41.7 Å². The molecule has 1 aliphatic heterocycles. The molecule has 4 heterocycles. The average molecular weight is 450 g/mol. The van der Waals surface area contributed by atoms with E-state index in [1.165, 1.54) is 22.7 Å². The molecular weight excluding hydrogens is 430 g/mol. The molecule has 9 heteroatoms. The van der Waals surface area contributed by atoms with Crippen molar-refractivity contribution >= 4 is 50.5 Å². The molecule has 0 bridgehead atoms. The third-order valence-corrected chi connectivity index (χ3v) is 7.07. The van der Waals surface area contributed by atoms with Crippen LogP contribution in [-0.2, 0) is 0 Å². The van der Waals surface area contributed by atoms with Gasteiger partial charge in [-0.1, -0.05) is 18.2 Å². The van der Waals surface area contributed by atoms with Crippen LogP contribution in [0.1, 0.15) is 43.8 Å². The first-order valence-corrected chi connectivity index (χ1v) is 11.7. The number of nitrogens with one attached hydrogen (secondary N) is 1. The minimum absolute atomic E-state index is 0.0185. The van der Waals surface area contributed by atoms with E-state index in [0.717, 1.165) is 28.7 Å². The molecular formula is C22H19N5O2S2. The minimum Gasteiger partial charge on any atom is -0.337 e. The summed E-state index contributed by atoms with van der Waals surface area (Å²) in [5.74, 6) is -0.112. The lowest BCUT2D eigenvalue weighted by Gasteiger charge is -2.17. The van der Waals surface area contributed by atoms with Gasteiger partial charge >= 0.3 is 0 Å². The molecule has 1 N–H and O–H groups in total. The molecule has 1 aromatic carbocycles. The van der Waals surface area contributed by atoms with Crippen molar-refractivity contribution in [2.45, 2.75) is 19.3 Å². The number of aromatic nitrogens is 3. The SMILES string of the molecule is Cc1ncsc1C(=O)N1CC[C@@H](c2cc(C(=O)Nc3nccs3)c3ccccc3n2)C1. The molecule has 4 aromatic rings.